The Morgan fingerprint density at radius 2 is 1.63 bits per heavy atom. The Bertz CT molecular complexity index is 980. The summed E-state index contributed by atoms with van der Waals surface area (Å²) in [6.45, 7) is 6.89. The van der Waals surface area contributed by atoms with Crippen LogP contribution in [0.2, 0.25) is 0 Å². The van der Waals surface area contributed by atoms with Crippen molar-refractivity contribution in [1.82, 2.24) is 15.5 Å². The monoisotopic (exact) mass is 488 g/mol. The maximum absolute atomic E-state index is 13.7. The molecule has 190 valence electrons. The van der Waals surface area contributed by atoms with E-state index in [-0.39, 0.29) is 24.2 Å². The number of urea groups is 1. The van der Waals surface area contributed by atoms with Gasteiger partial charge < -0.3 is 25.6 Å². The van der Waals surface area contributed by atoms with Crippen LogP contribution in [0.3, 0.4) is 0 Å². The maximum atomic E-state index is 13.7. The summed E-state index contributed by atoms with van der Waals surface area (Å²) in [5.41, 5.74) is 1.44. The summed E-state index contributed by atoms with van der Waals surface area (Å²) >= 11 is 0. The number of alkyl carbamates (subject to hydrolysis) is 1. The van der Waals surface area contributed by atoms with Crippen molar-refractivity contribution in [2.45, 2.75) is 58.2 Å². The molecule has 2 aromatic rings. The van der Waals surface area contributed by atoms with Gasteiger partial charge in [0, 0.05) is 36.9 Å². The first kappa shape index (κ1) is 26.2. The summed E-state index contributed by atoms with van der Waals surface area (Å²) in [6, 6.07) is 11.6. The second kappa shape index (κ2) is 11.9. The summed E-state index contributed by atoms with van der Waals surface area (Å²) in [7, 11) is 0. The molecule has 0 aromatic heterocycles. The van der Waals surface area contributed by atoms with Crippen LogP contribution in [0, 0.1) is 11.6 Å². The highest BCUT2D eigenvalue weighted by Gasteiger charge is 2.23. The van der Waals surface area contributed by atoms with Crippen LogP contribution >= 0.6 is 0 Å². The molecule has 1 heterocycles. The number of amides is 3. The first-order valence-corrected chi connectivity index (χ1v) is 11.9. The van der Waals surface area contributed by atoms with Crippen molar-refractivity contribution < 1.29 is 23.1 Å². The van der Waals surface area contributed by atoms with Gasteiger partial charge in [-0.15, -0.1) is 0 Å². The van der Waals surface area contributed by atoms with Gasteiger partial charge in [-0.2, -0.15) is 0 Å². The fraction of sp³-hybridized carbons (Fsp3) is 0.462. The van der Waals surface area contributed by atoms with Crippen molar-refractivity contribution in [2.24, 2.45) is 0 Å². The molecule has 1 aliphatic rings. The molecular formula is C26H34F2N4O3. The molecule has 1 aliphatic heterocycles. The van der Waals surface area contributed by atoms with Crippen molar-refractivity contribution in [3.63, 3.8) is 0 Å². The lowest BCUT2D eigenvalue weighted by Gasteiger charge is -2.33. The number of nitrogens with zero attached hydrogens (tertiary/aromatic N) is 1. The molecule has 9 heteroatoms. The average Bonchev–Trinajstić information content (AvgIpc) is 2.79. The van der Waals surface area contributed by atoms with E-state index >= 15 is 0 Å². The molecule has 0 radical (unpaired) electrons. The van der Waals surface area contributed by atoms with E-state index in [1.54, 1.807) is 4.90 Å². The van der Waals surface area contributed by atoms with Crippen LogP contribution in [-0.4, -0.2) is 48.3 Å². The Kier molecular flexibility index (Phi) is 8.89. The number of anilines is 1. The van der Waals surface area contributed by atoms with Gasteiger partial charge in [0.2, 0.25) is 0 Å². The number of carbonyl (C=O) groups is 2. The number of benzene rings is 2. The van der Waals surface area contributed by atoms with Crippen molar-refractivity contribution in [1.29, 1.82) is 0 Å². The van der Waals surface area contributed by atoms with Crippen molar-refractivity contribution in [2.75, 3.05) is 25.0 Å². The fourth-order valence-electron chi connectivity index (χ4n) is 3.83. The molecule has 0 unspecified atom stereocenters. The predicted octanol–water partition coefficient (Wildman–Crippen LogP) is 4.82. The van der Waals surface area contributed by atoms with Crippen molar-refractivity contribution in [3.05, 3.63) is 65.2 Å². The number of rotatable bonds is 7. The average molecular weight is 489 g/mol. The normalized spacial score (nSPS) is 14.4. The van der Waals surface area contributed by atoms with E-state index in [0.717, 1.165) is 24.1 Å². The maximum Gasteiger partial charge on any atom is 0.407 e. The highest BCUT2D eigenvalue weighted by molar-refractivity contribution is 5.74. The Hall–Kier alpha value is -3.36. The summed E-state index contributed by atoms with van der Waals surface area (Å²) in [5.74, 6) is -1.34. The van der Waals surface area contributed by atoms with Gasteiger partial charge >= 0.3 is 12.1 Å². The van der Waals surface area contributed by atoms with Gasteiger partial charge in [-0.05, 0) is 69.9 Å². The molecule has 0 bridgehead atoms. The lowest BCUT2D eigenvalue weighted by molar-refractivity contribution is 0.0528. The van der Waals surface area contributed by atoms with Gasteiger partial charge in [0.1, 0.15) is 17.2 Å². The van der Waals surface area contributed by atoms with Gasteiger partial charge in [-0.1, -0.05) is 18.2 Å². The van der Waals surface area contributed by atoms with Crippen LogP contribution in [0.4, 0.5) is 24.1 Å². The molecule has 2 aromatic carbocycles. The molecule has 3 rings (SSSR count). The number of halogens is 2. The zero-order chi connectivity index (χ0) is 25.4. The minimum atomic E-state index is -0.668. The molecule has 35 heavy (non-hydrogen) atoms. The lowest BCUT2D eigenvalue weighted by Crippen LogP contribution is -2.46. The molecule has 3 N–H and O–H groups in total. The largest absolute Gasteiger partial charge is 0.444 e. The number of likely N-dealkylation sites (tertiary alicyclic amines) is 1. The number of nitrogens with one attached hydrogen (secondary N) is 3. The van der Waals surface area contributed by atoms with Gasteiger partial charge in [0.05, 0.1) is 6.54 Å². The van der Waals surface area contributed by atoms with Gasteiger partial charge in [-0.3, -0.25) is 0 Å². The number of piperidine rings is 1. The van der Waals surface area contributed by atoms with Crippen LogP contribution in [-0.2, 0) is 17.7 Å². The van der Waals surface area contributed by atoms with E-state index < -0.39 is 23.3 Å². The first-order valence-electron chi connectivity index (χ1n) is 11.9. The molecule has 1 fully saturated rings. The Balaban J connectivity index is 1.37. The van der Waals surface area contributed by atoms with Gasteiger partial charge in [-0.25, -0.2) is 18.4 Å². The van der Waals surface area contributed by atoms with E-state index in [0.29, 0.717) is 26.1 Å². The van der Waals surface area contributed by atoms with E-state index in [4.69, 9.17) is 4.74 Å². The fourth-order valence-corrected chi connectivity index (χ4v) is 3.83. The highest BCUT2D eigenvalue weighted by Crippen LogP contribution is 2.18. The third-order valence-electron chi connectivity index (χ3n) is 5.67. The van der Waals surface area contributed by atoms with E-state index in [1.165, 1.54) is 18.2 Å². The SMILES string of the molecule is CC(C)(C)OC(=O)NCCc1ccc(NC2CCN(C(=O)NCc3c(F)cccc3F)CC2)cc1. The Morgan fingerprint density at radius 1 is 1.00 bits per heavy atom. The minimum Gasteiger partial charge on any atom is -0.444 e. The summed E-state index contributed by atoms with van der Waals surface area (Å²) in [6.07, 6.45) is 1.81. The zero-order valence-electron chi connectivity index (χ0n) is 20.5. The first-order chi connectivity index (χ1) is 16.6. The zero-order valence-corrected chi connectivity index (χ0v) is 20.5. The molecular weight excluding hydrogens is 454 g/mol. The standard InChI is InChI=1S/C26H34F2N4O3/c1-26(2,3)35-25(34)29-14-11-18-7-9-19(10-8-18)31-20-12-15-32(16-13-20)24(33)30-17-21-22(27)5-4-6-23(21)28/h4-10,20,31H,11-17H2,1-3H3,(H,29,34)(H,30,33). The number of hydrogen-bond acceptors (Lipinski definition) is 4. The number of hydrogen-bond donors (Lipinski definition) is 3. The quantitative estimate of drug-likeness (QED) is 0.522. The van der Waals surface area contributed by atoms with E-state index in [1.807, 2.05) is 45.0 Å². The third-order valence-corrected chi connectivity index (χ3v) is 5.67. The molecule has 7 nitrogen and oxygen atoms in total. The highest BCUT2D eigenvalue weighted by atomic mass is 19.1. The smallest absolute Gasteiger partial charge is 0.407 e. The molecule has 0 atom stereocenters. The second-order valence-electron chi connectivity index (χ2n) is 9.64. The minimum absolute atomic E-state index is 0.138. The summed E-state index contributed by atoms with van der Waals surface area (Å²) < 4.78 is 32.7. The number of ether oxygens (including phenoxy) is 1. The van der Waals surface area contributed by atoms with Crippen LogP contribution in [0.15, 0.2) is 42.5 Å². The van der Waals surface area contributed by atoms with Crippen LogP contribution in [0.1, 0.15) is 44.7 Å². The van der Waals surface area contributed by atoms with Crippen LogP contribution in [0.5, 0.6) is 0 Å². The van der Waals surface area contributed by atoms with E-state index in [2.05, 4.69) is 16.0 Å². The van der Waals surface area contributed by atoms with Crippen LogP contribution in [0.25, 0.3) is 0 Å². The van der Waals surface area contributed by atoms with Crippen molar-refractivity contribution >= 4 is 17.8 Å². The number of carbonyl (C=O) groups excluding carboxylic acids is 2. The Morgan fingerprint density at radius 3 is 2.23 bits per heavy atom. The van der Waals surface area contributed by atoms with Crippen LogP contribution < -0.4 is 16.0 Å². The molecule has 0 aliphatic carbocycles. The Labute approximate surface area is 205 Å². The summed E-state index contributed by atoms with van der Waals surface area (Å²) in [5, 5.41) is 8.86. The van der Waals surface area contributed by atoms with Crippen molar-refractivity contribution in [3.8, 4) is 0 Å². The molecule has 0 saturated carbocycles. The van der Waals surface area contributed by atoms with Gasteiger partial charge in [0.15, 0.2) is 0 Å². The summed E-state index contributed by atoms with van der Waals surface area (Å²) in [4.78, 5) is 25.8. The molecule has 0 spiro atoms. The topological polar surface area (TPSA) is 82.7 Å². The molecule has 1 saturated heterocycles. The molecule has 3 amide bonds. The van der Waals surface area contributed by atoms with Gasteiger partial charge in [0.25, 0.3) is 0 Å². The lowest BCUT2D eigenvalue weighted by atomic mass is 10.0. The predicted molar refractivity (Wildman–Crippen MR) is 131 cm³/mol. The van der Waals surface area contributed by atoms with E-state index in [9.17, 15) is 18.4 Å². The third kappa shape index (κ3) is 8.42. The second-order valence-corrected chi connectivity index (χ2v) is 9.64.